The number of hydrogen-bond acceptors (Lipinski definition) is 3. The summed E-state index contributed by atoms with van der Waals surface area (Å²) < 4.78 is 10.9. The van der Waals surface area contributed by atoms with Crippen LogP contribution in [0, 0.1) is 0 Å². The Labute approximate surface area is 137 Å². The standard InChI is InChI=1S/C18H22ClNO2/c1-4-22-18-10-15(16(19)11-17(18)21-3)12-20-13(2)14-8-6-5-7-9-14/h5-11,13,20H,4,12H2,1-3H3. The van der Waals surface area contributed by atoms with Crippen molar-refractivity contribution in [2.75, 3.05) is 13.7 Å². The van der Waals surface area contributed by atoms with E-state index in [1.54, 1.807) is 13.2 Å². The van der Waals surface area contributed by atoms with Crippen molar-refractivity contribution in [1.82, 2.24) is 5.32 Å². The molecule has 0 amide bonds. The van der Waals surface area contributed by atoms with Crippen molar-refractivity contribution in [1.29, 1.82) is 0 Å². The zero-order chi connectivity index (χ0) is 15.9. The van der Waals surface area contributed by atoms with E-state index in [9.17, 15) is 0 Å². The fraction of sp³-hybridized carbons (Fsp3) is 0.333. The van der Waals surface area contributed by atoms with Crippen LogP contribution in [0.25, 0.3) is 0 Å². The predicted molar refractivity (Wildman–Crippen MR) is 90.9 cm³/mol. The third-order valence-corrected chi connectivity index (χ3v) is 3.88. The Morgan fingerprint density at radius 1 is 1.14 bits per heavy atom. The highest BCUT2D eigenvalue weighted by Crippen LogP contribution is 2.33. The van der Waals surface area contributed by atoms with Gasteiger partial charge in [0.1, 0.15) is 0 Å². The molecule has 118 valence electrons. The molecule has 0 aliphatic carbocycles. The van der Waals surface area contributed by atoms with E-state index < -0.39 is 0 Å². The smallest absolute Gasteiger partial charge is 0.162 e. The molecule has 2 aromatic carbocycles. The minimum Gasteiger partial charge on any atom is -0.493 e. The first-order chi connectivity index (χ1) is 10.7. The molecular formula is C18H22ClNO2. The van der Waals surface area contributed by atoms with E-state index in [0.717, 1.165) is 11.3 Å². The fourth-order valence-corrected chi connectivity index (χ4v) is 2.48. The molecule has 1 N–H and O–H groups in total. The number of halogens is 1. The van der Waals surface area contributed by atoms with Gasteiger partial charge in [0.25, 0.3) is 0 Å². The Hall–Kier alpha value is -1.71. The molecule has 0 aromatic heterocycles. The van der Waals surface area contributed by atoms with Gasteiger partial charge in [-0.3, -0.25) is 0 Å². The Morgan fingerprint density at radius 2 is 1.86 bits per heavy atom. The quantitative estimate of drug-likeness (QED) is 0.809. The molecule has 0 bridgehead atoms. The first-order valence-corrected chi connectivity index (χ1v) is 7.81. The first kappa shape index (κ1) is 16.7. The molecule has 1 atom stereocenters. The molecule has 4 heteroatoms. The normalized spacial score (nSPS) is 12.0. The van der Waals surface area contributed by atoms with Crippen LogP contribution in [0.15, 0.2) is 42.5 Å². The molecule has 0 saturated carbocycles. The summed E-state index contributed by atoms with van der Waals surface area (Å²) in [7, 11) is 1.61. The maximum Gasteiger partial charge on any atom is 0.162 e. The Kier molecular flexibility index (Phi) is 6.10. The summed E-state index contributed by atoms with van der Waals surface area (Å²) in [6.45, 7) is 5.34. The molecule has 2 rings (SSSR count). The lowest BCUT2D eigenvalue weighted by atomic mass is 10.1. The number of hydrogen-bond donors (Lipinski definition) is 1. The van der Waals surface area contributed by atoms with Crippen LogP contribution in [-0.4, -0.2) is 13.7 Å². The molecule has 0 saturated heterocycles. The van der Waals surface area contributed by atoms with Gasteiger partial charge in [-0.05, 0) is 31.0 Å². The molecule has 22 heavy (non-hydrogen) atoms. The van der Waals surface area contributed by atoms with Crippen molar-refractivity contribution in [3.05, 3.63) is 58.6 Å². The SMILES string of the molecule is CCOc1cc(CNC(C)c2ccccc2)c(Cl)cc1OC. The Morgan fingerprint density at radius 3 is 2.50 bits per heavy atom. The van der Waals surface area contributed by atoms with Crippen LogP contribution in [0.4, 0.5) is 0 Å². The lowest BCUT2D eigenvalue weighted by Gasteiger charge is -2.17. The predicted octanol–water partition coefficient (Wildman–Crippen LogP) is 4.60. The highest BCUT2D eigenvalue weighted by Gasteiger charge is 2.11. The summed E-state index contributed by atoms with van der Waals surface area (Å²) in [5.74, 6) is 1.38. The molecule has 0 radical (unpaired) electrons. The van der Waals surface area contributed by atoms with Crippen molar-refractivity contribution >= 4 is 11.6 Å². The van der Waals surface area contributed by atoms with Crippen LogP contribution >= 0.6 is 11.6 Å². The zero-order valence-corrected chi connectivity index (χ0v) is 14.0. The van der Waals surface area contributed by atoms with Crippen LogP contribution in [0.1, 0.15) is 31.0 Å². The van der Waals surface area contributed by atoms with Crippen molar-refractivity contribution in [3.8, 4) is 11.5 Å². The summed E-state index contributed by atoms with van der Waals surface area (Å²) in [4.78, 5) is 0. The van der Waals surface area contributed by atoms with Gasteiger partial charge in [0.05, 0.1) is 13.7 Å². The summed E-state index contributed by atoms with van der Waals surface area (Å²) in [6.07, 6.45) is 0. The molecule has 0 aliphatic heterocycles. The largest absolute Gasteiger partial charge is 0.493 e. The maximum atomic E-state index is 6.33. The molecule has 0 spiro atoms. The number of methoxy groups -OCH3 is 1. The molecule has 0 heterocycles. The molecule has 0 fully saturated rings. The van der Waals surface area contributed by atoms with Crippen LogP contribution in [-0.2, 0) is 6.54 Å². The van der Waals surface area contributed by atoms with Crippen molar-refractivity contribution in [3.63, 3.8) is 0 Å². The average Bonchev–Trinajstić information content (AvgIpc) is 2.55. The minimum absolute atomic E-state index is 0.245. The van der Waals surface area contributed by atoms with Gasteiger partial charge in [-0.1, -0.05) is 41.9 Å². The first-order valence-electron chi connectivity index (χ1n) is 7.43. The van der Waals surface area contributed by atoms with Gasteiger partial charge in [-0.15, -0.1) is 0 Å². The van der Waals surface area contributed by atoms with E-state index in [4.69, 9.17) is 21.1 Å². The highest BCUT2D eigenvalue weighted by atomic mass is 35.5. The maximum absolute atomic E-state index is 6.33. The monoisotopic (exact) mass is 319 g/mol. The van der Waals surface area contributed by atoms with Gasteiger partial charge in [0, 0.05) is 23.7 Å². The molecule has 0 aliphatic rings. The average molecular weight is 320 g/mol. The lowest BCUT2D eigenvalue weighted by Crippen LogP contribution is -2.18. The van der Waals surface area contributed by atoms with Crippen molar-refractivity contribution in [2.24, 2.45) is 0 Å². The highest BCUT2D eigenvalue weighted by molar-refractivity contribution is 6.31. The van der Waals surface area contributed by atoms with E-state index in [0.29, 0.717) is 23.9 Å². The van der Waals surface area contributed by atoms with Crippen LogP contribution in [0.5, 0.6) is 11.5 Å². The Bertz CT molecular complexity index is 602. The Balaban J connectivity index is 2.10. The van der Waals surface area contributed by atoms with Gasteiger partial charge in [-0.2, -0.15) is 0 Å². The third kappa shape index (κ3) is 4.15. The van der Waals surface area contributed by atoms with Gasteiger partial charge in [0.15, 0.2) is 11.5 Å². The van der Waals surface area contributed by atoms with Gasteiger partial charge < -0.3 is 14.8 Å². The van der Waals surface area contributed by atoms with Gasteiger partial charge >= 0.3 is 0 Å². The van der Waals surface area contributed by atoms with E-state index in [-0.39, 0.29) is 6.04 Å². The second kappa shape index (κ2) is 8.06. The van der Waals surface area contributed by atoms with Crippen LogP contribution in [0.2, 0.25) is 5.02 Å². The second-order valence-electron chi connectivity index (χ2n) is 5.04. The second-order valence-corrected chi connectivity index (χ2v) is 5.45. The van der Waals surface area contributed by atoms with E-state index in [1.165, 1.54) is 5.56 Å². The number of benzene rings is 2. The minimum atomic E-state index is 0.245. The number of ether oxygens (including phenoxy) is 2. The fourth-order valence-electron chi connectivity index (χ4n) is 2.26. The van der Waals surface area contributed by atoms with Crippen LogP contribution in [0.3, 0.4) is 0 Å². The molecular weight excluding hydrogens is 298 g/mol. The van der Waals surface area contributed by atoms with Gasteiger partial charge in [-0.25, -0.2) is 0 Å². The van der Waals surface area contributed by atoms with E-state index in [1.807, 2.05) is 31.2 Å². The molecule has 3 nitrogen and oxygen atoms in total. The van der Waals surface area contributed by atoms with E-state index in [2.05, 4.69) is 24.4 Å². The van der Waals surface area contributed by atoms with E-state index >= 15 is 0 Å². The lowest BCUT2D eigenvalue weighted by molar-refractivity contribution is 0.310. The van der Waals surface area contributed by atoms with Crippen LogP contribution < -0.4 is 14.8 Å². The van der Waals surface area contributed by atoms with Crippen molar-refractivity contribution < 1.29 is 9.47 Å². The number of rotatable bonds is 7. The summed E-state index contributed by atoms with van der Waals surface area (Å²) in [6, 6.07) is 14.3. The van der Waals surface area contributed by atoms with Gasteiger partial charge in [0.2, 0.25) is 0 Å². The zero-order valence-electron chi connectivity index (χ0n) is 13.2. The third-order valence-electron chi connectivity index (χ3n) is 3.53. The number of nitrogens with one attached hydrogen (secondary N) is 1. The summed E-state index contributed by atoms with van der Waals surface area (Å²) in [5.41, 5.74) is 2.24. The molecule has 1 unspecified atom stereocenters. The molecule has 2 aromatic rings. The topological polar surface area (TPSA) is 30.5 Å². The summed E-state index contributed by atoms with van der Waals surface area (Å²) >= 11 is 6.33. The van der Waals surface area contributed by atoms with Crippen molar-refractivity contribution in [2.45, 2.75) is 26.4 Å². The summed E-state index contributed by atoms with van der Waals surface area (Å²) in [5, 5.41) is 4.16.